The van der Waals surface area contributed by atoms with Gasteiger partial charge in [0.1, 0.15) is 0 Å². The van der Waals surface area contributed by atoms with Crippen LogP contribution < -0.4 is 10.6 Å². The Balaban J connectivity index is 0.00000200. The molecule has 114 valence electrons. The molecule has 0 aliphatic carbocycles. The van der Waals surface area contributed by atoms with Crippen molar-refractivity contribution >= 4 is 46.5 Å². The topological polar surface area (TPSA) is 66.9 Å². The van der Waals surface area contributed by atoms with Crippen LogP contribution in [0, 0.1) is 0 Å². The number of halogens is 4. The highest BCUT2D eigenvalue weighted by Crippen LogP contribution is 2.33. The molecule has 0 saturated carbocycles. The van der Waals surface area contributed by atoms with Crippen LogP contribution in [0.3, 0.4) is 0 Å². The number of hydrogen-bond acceptors (Lipinski definition) is 6. The van der Waals surface area contributed by atoms with Crippen molar-refractivity contribution in [2.45, 2.75) is 18.6 Å². The molecule has 0 radical (unpaired) electrons. The summed E-state index contributed by atoms with van der Waals surface area (Å²) in [6.07, 6.45) is -4.31. The van der Waals surface area contributed by atoms with Crippen molar-refractivity contribution in [3.8, 4) is 0 Å². The zero-order chi connectivity index (χ0) is 13.9. The zero-order valence-electron chi connectivity index (χ0n) is 10.1. The van der Waals surface area contributed by atoms with E-state index in [4.69, 9.17) is 0 Å². The van der Waals surface area contributed by atoms with Crippen LogP contribution in [0.25, 0.3) is 0 Å². The van der Waals surface area contributed by atoms with E-state index in [1.165, 1.54) is 0 Å². The number of rotatable bonds is 3. The van der Waals surface area contributed by atoms with Crippen LogP contribution in [-0.2, 0) is 11.0 Å². The first-order valence-electron chi connectivity index (χ1n) is 5.47. The number of carbonyl (C=O) groups is 1. The first-order valence-corrected chi connectivity index (χ1v) is 7.44. The molecule has 1 amide bonds. The van der Waals surface area contributed by atoms with E-state index >= 15 is 0 Å². The van der Waals surface area contributed by atoms with Crippen molar-refractivity contribution in [2.24, 2.45) is 0 Å². The quantitative estimate of drug-likeness (QED) is 0.874. The Morgan fingerprint density at radius 2 is 2.20 bits per heavy atom. The van der Waals surface area contributed by atoms with Crippen molar-refractivity contribution in [1.29, 1.82) is 0 Å². The first-order chi connectivity index (χ1) is 8.95. The number of alkyl halides is 3. The van der Waals surface area contributed by atoms with Gasteiger partial charge in [0, 0.05) is 30.5 Å². The third kappa shape index (κ3) is 5.08. The SMILES string of the molecule is Cl.O=C(CC1CSCCN1)Nc1nnc(C(F)(F)F)s1. The molecular weight excluding hydrogens is 337 g/mol. The molecule has 1 aromatic heterocycles. The molecule has 1 aliphatic rings. The van der Waals surface area contributed by atoms with Crippen molar-refractivity contribution in [2.75, 3.05) is 23.4 Å². The maximum atomic E-state index is 12.3. The highest BCUT2D eigenvalue weighted by Gasteiger charge is 2.35. The average molecular weight is 349 g/mol. The van der Waals surface area contributed by atoms with Gasteiger partial charge >= 0.3 is 6.18 Å². The van der Waals surface area contributed by atoms with E-state index in [2.05, 4.69) is 20.8 Å². The van der Waals surface area contributed by atoms with Crippen LogP contribution >= 0.6 is 35.5 Å². The highest BCUT2D eigenvalue weighted by atomic mass is 35.5. The lowest BCUT2D eigenvalue weighted by atomic mass is 10.2. The summed E-state index contributed by atoms with van der Waals surface area (Å²) >= 11 is 2.07. The Hall–Kier alpha value is -0.580. The molecule has 1 fully saturated rings. The van der Waals surface area contributed by atoms with E-state index in [0.29, 0.717) is 11.3 Å². The molecule has 5 nitrogen and oxygen atoms in total. The highest BCUT2D eigenvalue weighted by molar-refractivity contribution is 7.99. The molecule has 0 spiro atoms. The first kappa shape index (κ1) is 17.5. The van der Waals surface area contributed by atoms with Crippen molar-refractivity contribution in [1.82, 2.24) is 15.5 Å². The molecule has 1 aromatic rings. The lowest BCUT2D eigenvalue weighted by Crippen LogP contribution is -2.39. The number of anilines is 1. The van der Waals surface area contributed by atoms with Gasteiger partial charge in [0.05, 0.1) is 0 Å². The molecule has 2 rings (SSSR count). The maximum absolute atomic E-state index is 12.3. The summed E-state index contributed by atoms with van der Waals surface area (Å²) in [6, 6.07) is 0.0498. The van der Waals surface area contributed by atoms with E-state index in [1.54, 1.807) is 11.8 Å². The van der Waals surface area contributed by atoms with Gasteiger partial charge < -0.3 is 10.6 Å². The van der Waals surface area contributed by atoms with E-state index in [1.807, 2.05) is 0 Å². The fourth-order valence-corrected chi connectivity index (χ4v) is 3.11. The maximum Gasteiger partial charge on any atom is 0.445 e. The van der Waals surface area contributed by atoms with Gasteiger partial charge in [-0.2, -0.15) is 24.9 Å². The van der Waals surface area contributed by atoms with Crippen molar-refractivity contribution < 1.29 is 18.0 Å². The monoisotopic (exact) mass is 348 g/mol. The van der Waals surface area contributed by atoms with E-state index in [0.717, 1.165) is 18.1 Å². The molecule has 1 aliphatic heterocycles. The minimum Gasteiger partial charge on any atom is -0.312 e. The molecule has 2 N–H and O–H groups in total. The predicted octanol–water partition coefficient (Wildman–Crippen LogP) is 2.01. The van der Waals surface area contributed by atoms with Gasteiger partial charge in [-0.3, -0.25) is 4.79 Å². The Kier molecular flexibility index (Phi) is 6.49. The second kappa shape index (κ2) is 7.43. The smallest absolute Gasteiger partial charge is 0.312 e. The van der Waals surface area contributed by atoms with Crippen molar-refractivity contribution in [3.63, 3.8) is 0 Å². The standard InChI is InChI=1S/C9H11F3N4OS2.ClH/c10-9(11,12)7-15-16-8(19-7)14-6(17)3-5-4-18-2-1-13-5;/h5,13H,1-4H2,(H,14,16,17);1H. The predicted molar refractivity (Wildman–Crippen MR) is 74.5 cm³/mol. The number of thioether (sulfide) groups is 1. The van der Waals surface area contributed by atoms with Crippen LogP contribution in [0.2, 0.25) is 0 Å². The fourth-order valence-electron chi connectivity index (χ4n) is 1.53. The lowest BCUT2D eigenvalue weighted by Gasteiger charge is -2.22. The summed E-state index contributed by atoms with van der Waals surface area (Å²) in [5.41, 5.74) is 0. The van der Waals surface area contributed by atoms with Crippen LogP contribution in [0.5, 0.6) is 0 Å². The molecule has 1 saturated heterocycles. The largest absolute Gasteiger partial charge is 0.445 e. The molecular formula is C9H12ClF3N4OS2. The Labute approximate surface area is 127 Å². The molecule has 11 heteroatoms. The van der Waals surface area contributed by atoms with Crippen LogP contribution in [0.4, 0.5) is 18.3 Å². The Bertz CT molecular complexity index is 451. The number of nitrogens with one attached hydrogen (secondary N) is 2. The van der Waals surface area contributed by atoms with Crippen molar-refractivity contribution in [3.05, 3.63) is 5.01 Å². The third-order valence-corrected chi connectivity index (χ3v) is 4.36. The fraction of sp³-hybridized carbons (Fsp3) is 0.667. The third-order valence-electron chi connectivity index (χ3n) is 2.34. The van der Waals surface area contributed by atoms with Crippen LogP contribution in [0.1, 0.15) is 11.4 Å². The van der Waals surface area contributed by atoms with E-state index < -0.39 is 11.2 Å². The number of hydrogen-bond donors (Lipinski definition) is 2. The Morgan fingerprint density at radius 1 is 1.45 bits per heavy atom. The molecule has 1 unspecified atom stereocenters. The van der Waals surface area contributed by atoms with E-state index in [9.17, 15) is 18.0 Å². The molecule has 0 bridgehead atoms. The lowest BCUT2D eigenvalue weighted by molar-refractivity contribution is -0.138. The normalized spacial score (nSPS) is 19.2. The molecule has 1 atom stereocenters. The van der Waals surface area contributed by atoms with Crippen LogP contribution in [-0.4, -0.2) is 40.2 Å². The minimum absolute atomic E-state index is 0. The van der Waals surface area contributed by atoms with E-state index in [-0.39, 0.29) is 35.9 Å². The number of nitrogens with zero attached hydrogens (tertiary/aromatic N) is 2. The number of carbonyl (C=O) groups excluding carboxylic acids is 1. The summed E-state index contributed by atoms with van der Waals surface area (Å²) in [7, 11) is 0. The minimum atomic E-state index is -4.53. The van der Waals surface area contributed by atoms with Gasteiger partial charge in [-0.25, -0.2) is 0 Å². The average Bonchev–Trinajstić information content (AvgIpc) is 2.78. The van der Waals surface area contributed by atoms with Gasteiger partial charge in [0.2, 0.25) is 16.0 Å². The summed E-state index contributed by atoms with van der Waals surface area (Å²) in [5, 5.41) is 10.6. The second-order valence-electron chi connectivity index (χ2n) is 3.89. The Morgan fingerprint density at radius 3 is 2.75 bits per heavy atom. The number of aromatic nitrogens is 2. The van der Waals surface area contributed by atoms with Gasteiger partial charge in [-0.15, -0.1) is 22.6 Å². The van der Waals surface area contributed by atoms with Gasteiger partial charge in [-0.1, -0.05) is 11.3 Å². The summed E-state index contributed by atoms with van der Waals surface area (Å²) < 4.78 is 36.9. The molecule has 2 heterocycles. The van der Waals surface area contributed by atoms with Gasteiger partial charge in [0.15, 0.2) is 0 Å². The van der Waals surface area contributed by atoms with Gasteiger partial charge in [-0.05, 0) is 0 Å². The van der Waals surface area contributed by atoms with Gasteiger partial charge in [0.25, 0.3) is 0 Å². The van der Waals surface area contributed by atoms with Crippen LogP contribution in [0.15, 0.2) is 0 Å². The number of amides is 1. The molecule has 0 aromatic carbocycles. The summed E-state index contributed by atoms with van der Waals surface area (Å²) in [6.45, 7) is 0.833. The second-order valence-corrected chi connectivity index (χ2v) is 6.02. The molecule has 20 heavy (non-hydrogen) atoms. The zero-order valence-corrected chi connectivity index (χ0v) is 12.5. The summed E-state index contributed by atoms with van der Waals surface area (Å²) in [5.74, 6) is 1.46. The summed E-state index contributed by atoms with van der Waals surface area (Å²) in [4.78, 5) is 11.6.